The van der Waals surface area contributed by atoms with E-state index < -0.39 is 32.9 Å². The average Bonchev–Trinajstić information content (AvgIpc) is 3.27. The number of ketones is 1. The van der Waals surface area contributed by atoms with Crippen LogP contribution in [0.4, 0.5) is 5.82 Å². The van der Waals surface area contributed by atoms with Crippen LogP contribution in [0.3, 0.4) is 0 Å². The fourth-order valence-electron chi connectivity index (χ4n) is 6.46. The number of benzene rings is 2. The van der Waals surface area contributed by atoms with Crippen molar-refractivity contribution in [1.29, 1.82) is 0 Å². The fraction of sp³-hybridized carbons (Fsp3) is 0.406. The summed E-state index contributed by atoms with van der Waals surface area (Å²) in [4.78, 5) is 29.1. The molecular weight excluding hydrogens is 538 g/mol. The quantitative estimate of drug-likeness (QED) is 0.282. The van der Waals surface area contributed by atoms with E-state index in [2.05, 4.69) is 21.1 Å². The number of nitrogens with one attached hydrogen (secondary N) is 2. The smallest absolute Gasteiger partial charge is 0.322 e. The molecule has 1 aromatic heterocycles. The molecule has 3 aromatic rings. The number of nitrogens with zero attached hydrogens (tertiary/aromatic N) is 1. The Balaban J connectivity index is 0.00000387. The number of carbonyl (C=O) groups is 2. The maximum Gasteiger partial charge on any atom is 0.322 e. The molecule has 0 saturated heterocycles. The molecule has 2 bridgehead atoms. The van der Waals surface area contributed by atoms with Gasteiger partial charge in [-0.25, -0.2) is 18.1 Å². The van der Waals surface area contributed by atoms with Gasteiger partial charge in [0.25, 0.3) is 0 Å². The molecule has 2 saturated carbocycles. The van der Waals surface area contributed by atoms with Crippen molar-refractivity contribution in [2.24, 2.45) is 16.7 Å². The number of carboxylic acid groups (broad SMARTS) is 1. The number of hydrogen-bond donors (Lipinski definition) is 3. The van der Waals surface area contributed by atoms with Gasteiger partial charge in [-0.3, -0.25) is 9.59 Å². The van der Waals surface area contributed by atoms with Gasteiger partial charge >= 0.3 is 5.97 Å². The van der Waals surface area contributed by atoms with Crippen LogP contribution in [-0.2, 0) is 32.6 Å². The lowest BCUT2D eigenvalue weighted by Crippen LogP contribution is -2.49. The number of fused-ring (bicyclic) bond motifs is 2. The number of hydrogen-bond acceptors (Lipinski definition) is 6. The third-order valence-corrected chi connectivity index (χ3v) is 10.5. The summed E-state index contributed by atoms with van der Waals surface area (Å²) in [6.45, 7) is 4.55. The fourth-order valence-corrected chi connectivity index (χ4v) is 8.49. The van der Waals surface area contributed by atoms with E-state index in [0.717, 1.165) is 28.9 Å². The zero-order valence-electron chi connectivity index (χ0n) is 22.8. The molecule has 0 spiro atoms. The molecule has 2 aromatic carbocycles. The molecule has 0 amide bonds. The summed E-state index contributed by atoms with van der Waals surface area (Å²) >= 11 is 0. The summed E-state index contributed by atoms with van der Waals surface area (Å²) in [5.41, 5.74) is 2.40. The Hall–Kier alpha value is -3.56. The number of carboxylic acids is 1. The van der Waals surface area contributed by atoms with Crippen LogP contribution < -0.4 is 10.0 Å². The largest absolute Gasteiger partial charge is 0.480 e. The summed E-state index contributed by atoms with van der Waals surface area (Å²) in [7, 11) is -4.02. The molecular formula is C32H39N3O5S. The van der Waals surface area contributed by atoms with E-state index >= 15 is 0 Å². The van der Waals surface area contributed by atoms with Crippen molar-refractivity contribution < 1.29 is 23.1 Å². The molecule has 0 aliphatic heterocycles. The average molecular weight is 578 g/mol. The van der Waals surface area contributed by atoms with Gasteiger partial charge in [-0.05, 0) is 71.0 Å². The zero-order valence-corrected chi connectivity index (χ0v) is 23.6. The molecule has 3 atom stereocenters. The van der Waals surface area contributed by atoms with Crippen molar-refractivity contribution in [2.45, 2.75) is 59.5 Å². The van der Waals surface area contributed by atoms with Gasteiger partial charge in [-0.1, -0.05) is 69.8 Å². The van der Waals surface area contributed by atoms with E-state index in [0.29, 0.717) is 24.9 Å². The minimum absolute atomic E-state index is 0. The van der Waals surface area contributed by atoms with Crippen molar-refractivity contribution in [3.8, 4) is 11.1 Å². The number of Topliss-reactive ketones (excluding diaryl/α,β-unsaturated/α-hetero) is 1. The van der Waals surface area contributed by atoms with Crippen molar-refractivity contribution in [3.63, 3.8) is 0 Å². The predicted molar refractivity (Wildman–Crippen MR) is 161 cm³/mol. The van der Waals surface area contributed by atoms with Gasteiger partial charge in [0.15, 0.2) is 0 Å². The normalized spacial score (nSPS) is 21.7. The molecule has 1 unspecified atom stereocenters. The number of aliphatic carboxylic acids is 1. The van der Waals surface area contributed by atoms with Gasteiger partial charge in [0, 0.05) is 24.6 Å². The van der Waals surface area contributed by atoms with Gasteiger partial charge in [0.1, 0.15) is 17.6 Å². The Morgan fingerprint density at radius 1 is 1.05 bits per heavy atom. The van der Waals surface area contributed by atoms with Crippen molar-refractivity contribution in [2.75, 3.05) is 11.1 Å². The number of carbonyl (C=O) groups excluding carboxylic acids is 1. The highest BCUT2D eigenvalue weighted by Crippen LogP contribution is 2.64. The first-order valence-corrected chi connectivity index (χ1v) is 15.2. The Morgan fingerprint density at radius 2 is 1.80 bits per heavy atom. The maximum atomic E-state index is 13.2. The third kappa shape index (κ3) is 6.21. The summed E-state index contributed by atoms with van der Waals surface area (Å²) in [5.74, 6) is -0.651. The molecule has 2 aliphatic rings. The number of pyridine rings is 1. The van der Waals surface area contributed by atoms with Gasteiger partial charge < -0.3 is 10.4 Å². The van der Waals surface area contributed by atoms with E-state index in [-0.39, 0.29) is 31.3 Å². The van der Waals surface area contributed by atoms with E-state index in [9.17, 15) is 23.1 Å². The number of aromatic nitrogens is 1. The lowest BCUT2D eigenvalue weighted by Gasteiger charge is -2.36. The standard InChI is InChI=1S/C31H35N3O5S.CH4/c1-30(2)25-13-14-31(30,27(35)18-25)20-40(38,39)34-26(29(36)37)17-21-9-11-23(12-10-21)24-7-5-6-22(16-24)19-33-28-8-3-4-15-32-28;/h3-12,15-16,25-26,34H,13-14,17-20H2,1-2H3,(H,32,33)(H,36,37);1H4/t25?,26-,31+;/m0./s1. The van der Waals surface area contributed by atoms with Crippen LogP contribution in [-0.4, -0.2) is 42.1 Å². The molecule has 2 fully saturated rings. The summed E-state index contributed by atoms with van der Waals surface area (Å²) < 4.78 is 28.8. The van der Waals surface area contributed by atoms with Crippen LogP contribution in [0.2, 0.25) is 0 Å². The highest BCUT2D eigenvalue weighted by atomic mass is 32.2. The van der Waals surface area contributed by atoms with Gasteiger partial charge in [-0.15, -0.1) is 0 Å². The van der Waals surface area contributed by atoms with Gasteiger partial charge in [-0.2, -0.15) is 0 Å². The lowest BCUT2D eigenvalue weighted by molar-refractivity contribution is -0.138. The SMILES string of the molecule is C.CC1(C)C2CC[C@@]1(CS(=O)(=O)N[C@@H](Cc1ccc(-c3cccc(CNc4ccccn4)c3)cc1)C(=O)O)C(=O)C2. The monoisotopic (exact) mass is 577 g/mol. The second kappa shape index (κ2) is 11.7. The van der Waals surface area contributed by atoms with Crippen molar-refractivity contribution in [1.82, 2.24) is 9.71 Å². The Kier molecular flexibility index (Phi) is 8.70. The molecule has 3 N–H and O–H groups in total. The lowest BCUT2D eigenvalue weighted by atomic mass is 9.70. The Labute approximate surface area is 242 Å². The molecule has 0 radical (unpaired) electrons. The molecule has 9 heteroatoms. The topological polar surface area (TPSA) is 125 Å². The number of anilines is 1. The van der Waals surface area contributed by atoms with E-state index in [4.69, 9.17) is 0 Å². The van der Waals surface area contributed by atoms with Gasteiger partial charge in [0.2, 0.25) is 10.0 Å². The highest BCUT2D eigenvalue weighted by Gasteiger charge is 2.65. The van der Waals surface area contributed by atoms with Crippen LogP contribution in [0, 0.1) is 16.7 Å². The molecule has 41 heavy (non-hydrogen) atoms. The van der Waals surface area contributed by atoms with E-state index in [1.165, 1.54) is 0 Å². The van der Waals surface area contributed by atoms with Crippen LogP contribution in [0.5, 0.6) is 0 Å². The molecule has 1 heterocycles. The first-order valence-electron chi connectivity index (χ1n) is 13.6. The number of sulfonamides is 1. The molecule has 8 nitrogen and oxygen atoms in total. The summed E-state index contributed by atoms with van der Waals surface area (Å²) in [6, 6.07) is 19.9. The Bertz CT molecular complexity index is 1510. The first-order chi connectivity index (χ1) is 19.0. The van der Waals surface area contributed by atoms with Gasteiger partial charge in [0.05, 0.1) is 5.75 Å². The van der Waals surface area contributed by atoms with Crippen LogP contribution >= 0.6 is 0 Å². The highest BCUT2D eigenvalue weighted by molar-refractivity contribution is 7.89. The summed E-state index contributed by atoms with van der Waals surface area (Å²) in [5, 5.41) is 13.1. The molecule has 5 rings (SSSR count). The molecule has 218 valence electrons. The van der Waals surface area contributed by atoms with Crippen molar-refractivity contribution in [3.05, 3.63) is 84.1 Å². The minimum atomic E-state index is -4.02. The van der Waals surface area contributed by atoms with Crippen LogP contribution in [0.25, 0.3) is 11.1 Å². The van der Waals surface area contributed by atoms with Crippen LogP contribution in [0.1, 0.15) is 51.7 Å². The van der Waals surface area contributed by atoms with E-state index in [1.54, 1.807) is 6.20 Å². The number of rotatable bonds is 11. The van der Waals surface area contributed by atoms with Crippen molar-refractivity contribution >= 4 is 27.6 Å². The third-order valence-electron chi connectivity index (χ3n) is 8.99. The summed E-state index contributed by atoms with van der Waals surface area (Å²) in [6.07, 6.45) is 3.49. The maximum absolute atomic E-state index is 13.2. The Morgan fingerprint density at radius 3 is 2.41 bits per heavy atom. The second-order valence-corrected chi connectivity index (χ2v) is 13.4. The zero-order chi connectivity index (χ0) is 28.5. The minimum Gasteiger partial charge on any atom is -0.480 e. The molecule has 2 aliphatic carbocycles. The second-order valence-electron chi connectivity index (χ2n) is 11.6. The van der Waals surface area contributed by atoms with E-state index in [1.807, 2.05) is 74.5 Å². The van der Waals surface area contributed by atoms with Crippen LogP contribution in [0.15, 0.2) is 72.9 Å². The predicted octanol–water partition coefficient (Wildman–Crippen LogP) is 5.31. The first kappa shape index (κ1) is 30.4.